The van der Waals surface area contributed by atoms with Crippen molar-refractivity contribution in [2.24, 2.45) is 0 Å². The van der Waals surface area contributed by atoms with Crippen LogP contribution in [0.2, 0.25) is 0 Å². The van der Waals surface area contributed by atoms with Gasteiger partial charge in [-0.05, 0) is 17.7 Å². The van der Waals surface area contributed by atoms with Crippen molar-refractivity contribution in [1.82, 2.24) is 0 Å². The number of fused-ring (bicyclic) bond motifs is 1. The third-order valence-electron chi connectivity index (χ3n) is 4.85. The van der Waals surface area contributed by atoms with Crippen LogP contribution in [-0.4, -0.2) is 14.7 Å². The highest BCUT2D eigenvalue weighted by Crippen LogP contribution is 2.46. The van der Waals surface area contributed by atoms with Gasteiger partial charge in [0.1, 0.15) is 34.3 Å². The maximum atomic E-state index is 14.7. The fourth-order valence-corrected chi connectivity index (χ4v) is 4.04. The molecule has 0 spiro atoms. The summed E-state index contributed by atoms with van der Waals surface area (Å²) in [7, 11) is -2.53. The van der Waals surface area contributed by atoms with Gasteiger partial charge in [0.15, 0.2) is 0 Å². The predicted molar refractivity (Wildman–Crippen MR) is 110 cm³/mol. The molecule has 0 amide bonds. The van der Waals surface area contributed by atoms with Gasteiger partial charge in [-0.25, -0.2) is 12.8 Å². The Hall–Kier alpha value is -3.25. The monoisotopic (exact) mass is 408 g/mol. The summed E-state index contributed by atoms with van der Waals surface area (Å²) in [6.07, 6.45) is 0.791. The van der Waals surface area contributed by atoms with E-state index in [9.17, 15) is 17.6 Å². The van der Waals surface area contributed by atoms with Crippen LogP contribution in [0.1, 0.15) is 28.2 Å². The summed E-state index contributed by atoms with van der Waals surface area (Å²) in [5.74, 6) is -0.289. The normalized spacial score (nSPS) is 15.7. The number of rotatable bonds is 5. The second-order valence-corrected chi connectivity index (χ2v) is 7.65. The maximum absolute atomic E-state index is 14.7. The number of carbonyl (C=O) groups is 1. The molecule has 0 saturated carbocycles. The Morgan fingerprint density at radius 3 is 2.31 bits per heavy atom. The lowest BCUT2D eigenvalue weighted by Gasteiger charge is -2.28. The predicted octanol–water partition coefficient (Wildman–Crippen LogP) is 4.18. The first-order chi connectivity index (χ1) is 14.1. The smallest absolute Gasteiger partial charge is 0.144 e. The van der Waals surface area contributed by atoms with E-state index in [4.69, 9.17) is 4.74 Å². The van der Waals surface area contributed by atoms with Gasteiger partial charge >= 0.3 is 0 Å². The number of thiol groups is 1. The summed E-state index contributed by atoms with van der Waals surface area (Å²) < 4.78 is 42.8. The quantitative estimate of drug-likeness (QED) is 0.508. The van der Waals surface area contributed by atoms with Crippen LogP contribution in [0.3, 0.4) is 0 Å². The summed E-state index contributed by atoms with van der Waals surface area (Å²) in [5.41, 5.74) is 2.68. The van der Waals surface area contributed by atoms with E-state index in [1.54, 1.807) is 60.7 Å². The molecule has 29 heavy (non-hydrogen) atoms. The zero-order chi connectivity index (χ0) is 20.4. The zero-order valence-corrected chi connectivity index (χ0v) is 16.1. The van der Waals surface area contributed by atoms with Crippen molar-refractivity contribution in [1.29, 1.82) is 0 Å². The lowest BCUT2D eigenvalue weighted by atomic mass is 9.83. The molecule has 0 fully saturated rings. The summed E-state index contributed by atoms with van der Waals surface area (Å²) >= 11 is 0. The first-order valence-corrected chi connectivity index (χ1v) is 10.4. The third-order valence-corrected chi connectivity index (χ3v) is 5.47. The molecule has 3 aromatic rings. The van der Waals surface area contributed by atoms with Crippen LogP contribution in [0, 0.1) is 5.82 Å². The number of benzene rings is 3. The summed E-state index contributed by atoms with van der Waals surface area (Å²) in [4.78, 5) is 12.1. The van der Waals surface area contributed by atoms with Crippen molar-refractivity contribution in [3.8, 4) is 5.75 Å². The van der Waals surface area contributed by atoms with Gasteiger partial charge in [0.25, 0.3) is 0 Å². The Balaban J connectivity index is 1.93. The van der Waals surface area contributed by atoms with E-state index in [0.29, 0.717) is 39.3 Å². The van der Waals surface area contributed by atoms with Gasteiger partial charge in [0.05, 0.1) is 11.7 Å². The lowest BCUT2D eigenvalue weighted by molar-refractivity contribution is -0.108. The van der Waals surface area contributed by atoms with Crippen LogP contribution in [0.25, 0.3) is 11.3 Å². The lowest BCUT2D eigenvalue weighted by Crippen LogP contribution is -2.16. The second-order valence-electron chi connectivity index (χ2n) is 6.66. The Morgan fingerprint density at radius 1 is 0.931 bits per heavy atom. The van der Waals surface area contributed by atoms with Crippen molar-refractivity contribution in [2.45, 2.75) is 11.7 Å². The fourth-order valence-electron chi connectivity index (χ4n) is 3.53. The number of hydrogen-bond donors (Lipinski definition) is 1. The first-order valence-electron chi connectivity index (χ1n) is 9.00. The van der Waals surface area contributed by atoms with Gasteiger partial charge < -0.3 is 9.53 Å². The van der Waals surface area contributed by atoms with Gasteiger partial charge in [0, 0.05) is 22.3 Å². The molecular weight excluding hydrogens is 391 g/mol. The van der Waals surface area contributed by atoms with Gasteiger partial charge in [-0.1, -0.05) is 60.7 Å². The summed E-state index contributed by atoms with van der Waals surface area (Å²) in [6.45, 7) is 0. The Morgan fingerprint density at radius 2 is 1.62 bits per heavy atom. The Labute approximate surface area is 169 Å². The van der Waals surface area contributed by atoms with E-state index >= 15 is 0 Å². The number of allylic oxidation sites excluding steroid dienone is 1. The molecule has 1 heterocycles. The standard InChI is InChI=1S/C23H17FO4S/c24-20-7-3-1-6-18(20)22-19(13-25)17-5-2-4-8-21(17)28-23(22)16-11-9-15(10-12-16)14-29(26)27/h1-13,19,29H,14H2. The molecular formula is C23H17FO4S. The molecule has 0 bridgehead atoms. The molecule has 6 heteroatoms. The number of halogens is 1. The van der Waals surface area contributed by atoms with E-state index in [1.165, 1.54) is 6.07 Å². The molecule has 1 aliphatic heterocycles. The van der Waals surface area contributed by atoms with Crippen molar-refractivity contribution < 1.29 is 22.3 Å². The highest BCUT2D eigenvalue weighted by Gasteiger charge is 2.32. The maximum Gasteiger partial charge on any atom is 0.144 e. The second kappa shape index (κ2) is 8.01. The molecule has 1 atom stereocenters. The molecule has 146 valence electrons. The van der Waals surface area contributed by atoms with E-state index < -0.39 is 22.4 Å². The number of carbonyl (C=O) groups excluding carboxylic acids is 1. The highest BCUT2D eigenvalue weighted by atomic mass is 32.2. The Bertz CT molecular complexity index is 1170. The third kappa shape index (κ3) is 3.71. The molecule has 0 saturated heterocycles. The van der Waals surface area contributed by atoms with Crippen LogP contribution in [0.15, 0.2) is 72.8 Å². The van der Waals surface area contributed by atoms with Gasteiger partial charge in [-0.2, -0.15) is 0 Å². The number of ether oxygens (including phenoxy) is 1. The molecule has 0 radical (unpaired) electrons. The summed E-state index contributed by atoms with van der Waals surface area (Å²) in [5, 5.41) is 0. The number of aldehydes is 1. The van der Waals surface area contributed by atoms with Gasteiger partial charge in [-0.3, -0.25) is 0 Å². The van der Waals surface area contributed by atoms with E-state index in [0.717, 1.165) is 6.29 Å². The van der Waals surface area contributed by atoms with E-state index in [1.807, 2.05) is 6.07 Å². The Kier molecular flexibility index (Phi) is 5.27. The van der Waals surface area contributed by atoms with Crippen LogP contribution >= 0.6 is 0 Å². The average molecular weight is 408 g/mol. The van der Waals surface area contributed by atoms with Gasteiger partial charge in [-0.15, -0.1) is 0 Å². The van der Waals surface area contributed by atoms with Crippen LogP contribution in [0.5, 0.6) is 5.75 Å². The molecule has 1 unspecified atom stereocenters. The largest absolute Gasteiger partial charge is 0.456 e. The van der Waals surface area contributed by atoms with Gasteiger partial charge in [0.2, 0.25) is 0 Å². The molecule has 3 aromatic carbocycles. The minimum Gasteiger partial charge on any atom is -0.456 e. The average Bonchev–Trinajstić information content (AvgIpc) is 2.73. The minimum atomic E-state index is -2.53. The van der Waals surface area contributed by atoms with Crippen LogP contribution in [0.4, 0.5) is 4.39 Å². The highest BCUT2D eigenvalue weighted by molar-refractivity contribution is 7.71. The van der Waals surface area contributed by atoms with E-state index in [-0.39, 0.29) is 5.75 Å². The molecule has 0 N–H and O–H groups in total. The fraction of sp³-hybridized carbons (Fsp3) is 0.0870. The van der Waals surface area contributed by atoms with Crippen LogP contribution < -0.4 is 4.74 Å². The van der Waals surface area contributed by atoms with Crippen molar-refractivity contribution in [3.63, 3.8) is 0 Å². The molecule has 4 nitrogen and oxygen atoms in total. The van der Waals surface area contributed by atoms with Crippen molar-refractivity contribution in [2.75, 3.05) is 0 Å². The number of para-hydroxylation sites is 1. The zero-order valence-electron chi connectivity index (χ0n) is 15.2. The molecule has 0 aliphatic carbocycles. The molecule has 1 aliphatic rings. The summed E-state index contributed by atoms with van der Waals surface area (Å²) in [6, 6.07) is 20.2. The first kappa shape index (κ1) is 19.1. The van der Waals surface area contributed by atoms with Crippen molar-refractivity contribution in [3.05, 3.63) is 101 Å². The van der Waals surface area contributed by atoms with Crippen LogP contribution in [-0.2, 0) is 21.3 Å². The van der Waals surface area contributed by atoms with Crippen molar-refractivity contribution >= 4 is 28.3 Å². The topological polar surface area (TPSA) is 60.4 Å². The SMILES string of the molecule is O=CC1C(c2ccccc2F)=C(c2ccc(C[SH](=O)=O)cc2)Oc2ccccc21. The molecule has 4 rings (SSSR count). The minimum absolute atomic E-state index is 0.0600. The molecule has 0 aromatic heterocycles. The van der Waals surface area contributed by atoms with E-state index in [2.05, 4.69) is 0 Å². The number of hydrogen-bond acceptors (Lipinski definition) is 4.